The summed E-state index contributed by atoms with van der Waals surface area (Å²) in [5, 5.41) is 12.0. The topological polar surface area (TPSA) is 37.9 Å². The van der Waals surface area contributed by atoms with E-state index in [1.807, 2.05) is 30.3 Å². The standard InChI is InChI=1S/C11H12FN.C6H7P.CN.Ir/c12-10-6-4-9(5-7-10)11-3-1-2-8-13-11;7-6-4-2-1-3-5-6;1-2;/h4,6-7,11H,1-3,8H2;1-5H,7H2;;/q-2;;-1;+3. The maximum absolute atomic E-state index is 12.6. The van der Waals surface area contributed by atoms with Gasteiger partial charge >= 0.3 is 20.1 Å². The van der Waals surface area contributed by atoms with E-state index in [4.69, 9.17) is 11.8 Å². The van der Waals surface area contributed by atoms with Gasteiger partial charge in [0.05, 0.1) is 0 Å². The molecule has 1 heterocycles. The van der Waals surface area contributed by atoms with Crippen LogP contribution in [0, 0.1) is 23.7 Å². The van der Waals surface area contributed by atoms with Crippen molar-refractivity contribution in [1.82, 2.24) is 0 Å². The fourth-order valence-corrected chi connectivity index (χ4v) is 2.34. The number of piperidine rings is 1. The maximum Gasteiger partial charge on any atom is 3.00 e. The molecule has 0 amide bonds. The Balaban J connectivity index is 0.000000415. The van der Waals surface area contributed by atoms with Crippen molar-refractivity contribution in [2.45, 2.75) is 25.3 Å². The zero-order valence-electron chi connectivity index (χ0n) is 12.7. The van der Waals surface area contributed by atoms with Gasteiger partial charge < -0.3 is 17.2 Å². The molecule has 2 aromatic rings. The number of hydrogen-bond donors (Lipinski definition) is 0. The van der Waals surface area contributed by atoms with Crippen molar-refractivity contribution in [2.75, 3.05) is 6.54 Å². The summed E-state index contributed by atoms with van der Waals surface area (Å²) in [5.41, 5.74) is 1.03. The Kier molecular flexibility index (Phi) is 12.7. The van der Waals surface area contributed by atoms with Crippen LogP contribution in [0.2, 0.25) is 0 Å². The molecule has 0 saturated carbocycles. The maximum atomic E-state index is 12.6. The molecule has 0 spiro atoms. The van der Waals surface area contributed by atoms with E-state index in [0.29, 0.717) is 0 Å². The van der Waals surface area contributed by atoms with Gasteiger partial charge in [0.15, 0.2) is 0 Å². The van der Waals surface area contributed by atoms with Gasteiger partial charge in [-0.2, -0.15) is 17.7 Å². The Morgan fingerprint density at radius 1 is 1.13 bits per heavy atom. The van der Waals surface area contributed by atoms with Crippen LogP contribution in [0.3, 0.4) is 0 Å². The van der Waals surface area contributed by atoms with Crippen LogP contribution in [0.15, 0.2) is 48.5 Å². The third-order valence-electron chi connectivity index (χ3n) is 3.19. The summed E-state index contributed by atoms with van der Waals surface area (Å²) in [7, 11) is 2.63. The first-order chi connectivity index (χ1) is 10.8. The van der Waals surface area contributed by atoms with Gasteiger partial charge in [-0.15, -0.1) is 34.0 Å². The summed E-state index contributed by atoms with van der Waals surface area (Å²) in [6.45, 7) is 5.69. The molecule has 2 atom stereocenters. The largest absolute Gasteiger partial charge is 3.00 e. The summed E-state index contributed by atoms with van der Waals surface area (Å²) in [5.74, 6) is -0.223. The summed E-state index contributed by atoms with van der Waals surface area (Å²) < 4.78 is 12.6. The fourth-order valence-electron chi connectivity index (χ4n) is 2.12. The van der Waals surface area contributed by atoms with Gasteiger partial charge in [-0.1, -0.05) is 49.6 Å². The average Bonchev–Trinajstić information content (AvgIpc) is 2.59. The van der Waals surface area contributed by atoms with Crippen molar-refractivity contribution < 1.29 is 24.5 Å². The van der Waals surface area contributed by atoms with Crippen LogP contribution in [0.25, 0.3) is 5.32 Å². The van der Waals surface area contributed by atoms with Crippen LogP contribution in [-0.4, -0.2) is 6.54 Å². The molecule has 2 unspecified atom stereocenters. The predicted molar refractivity (Wildman–Crippen MR) is 90.8 cm³/mol. The molecule has 1 aliphatic rings. The van der Waals surface area contributed by atoms with Crippen molar-refractivity contribution in [1.29, 1.82) is 5.26 Å². The number of rotatable bonds is 1. The summed E-state index contributed by atoms with van der Waals surface area (Å²) in [4.78, 5) is 0. The van der Waals surface area contributed by atoms with Crippen molar-refractivity contribution in [3.05, 3.63) is 77.9 Å². The number of nitrogens with zero attached hydrogens (tertiary/aromatic N) is 2. The second-order valence-corrected chi connectivity index (χ2v) is 5.46. The molecule has 1 aliphatic heterocycles. The smallest absolute Gasteiger partial charge is 0.657 e. The Labute approximate surface area is 154 Å². The number of hydrogen-bond acceptors (Lipinski definition) is 1. The average molecular weight is 506 g/mol. The zero-order valence-corrected chi connectivity index (χ0v) is 16.3. The Hall–Kier alpha value is -1.10. The third kappa shape index (κ3) is 8.94. The molecular weight excluding hydrogens is 486 g/mol. The Morgan fingerprint density at radius 3 is 2.26 bits per heavy atom. The molecular formula is C18H19FIrN2P. The van der Waals surface area contributed by atoms with Gasteiger partial charge in [-0.05, 0) is 5.30 Å². The molecule has 1 fully saturated rings. The SMILES string of the molecule is Fc1c[c-]c(C2CCCC[N-]2)cc1.Pc1ccccc1.[C-]#N.[Ir+3]. The van der Waals surface area contributed by atoms with Crippen LogP contribution >= 0.6 is 9.24 Å². The Morgan fingerprint density at radius 2 is 1.83 bits per heavy atom. The van der Waals surface area contributed by atoms with Crippen molar-refractivity contribution in [3.63, 3.8) is 0 Å². The van der Waals surface area contributed by atoms with Crippen LogP contribution in [0.5, 0.6) is 0 Å². The fraction of sp³-hybridized carbons (Fsp3) is 0.278. The monoisotopic (exact) mass is 506 g/mol. The summed E-state index contributed by atoms with van der Waals surface area (Å²) in [6.07, 6.45) is 3.50. The molecule has 2 nitrogen and oxygen atoms in total. The number of benzene rings is 2. The molecule has 1 saturated heterocycles. The second-order valence-electron chi connectivity index (χ2n) is 4.79. The van der Waals surface area contributed by atoms with Crippen molar-refractivity contribution in [3.8, 4) is 0 Å². The molecule has 0 N–H and O–H groups in total. The van der Waals surface area contributed by atoms with E-state index in [1.54, 1.807) is 6.07 Å². The molecule has 5 heteroatoms. The minimum absolute atomic E-state index is 0. The van der Waals surface area contributed by atoms with Gasteiger partial charge in [0.2, 0.25) is 0 Å². The quantitative estimate of drug-likeness (QED) is 0.415. The number of halogens is 1. The zero-order chi connectivity index (χ0) is 16.2. The van der Waals surface area contributed by atoms with Crippen molar-refractivity contribution >= 4 is 14.5 Å². The van der Waals surface area contributed by atoms with Gasteiger partial charge in [-0.3, -0.25) is 4.39 Å². The second kappa shape index (κ2) is 13.3. The Bertz CT molecular complexity index is 540. The van der Waals surface area contributed by atoms with E-state index in [2.05, 4.69) is 20.6 Å². The molecule has 0 aliphatic carbocycles. The van der Waals surface area contributed by atoms with E-state index in [1.165, 1.54) is 30.3 Å². The summed E-state index contributed by atoms with van der Waals surface area (Å²) in [6, 6.07) is 18.0. The van der Waals surface area contributed by atoms with E-state index in [9.17, 15) is 4.39 Å². The minimum atomic E-state index is -0.223. The minimum Gasteiger partial charge on any atom is -0.657 e. The molecule has 0 aromatic heterocycles. The first-order valence-corrected chi connectivity index (χ1v) is 7.70. The molecule has 0 bridgehead atoms. The van der Waals surface area contributed by atoms with Gasteiger partial charge in [0.25, 0.3) is 0 Å². The summed E-state index contributed by atoms with van der Waals surface area (Å²) >= 11 is 0. The van der Waals surface area contributed by atoms with Gasteiger partial charge in [0, 0.05) is 5.82 Å². The van der Waals surface area contributed by atoms with Gasteiger partial charge in [-0.25, -0.2) is 0 Å². The molecule has 2 aromatic carbocycles. The van der Waals surface area contributed by atoms with Crippen molar-refractivity contribution in [2.24, 2.45) is 0 Å². The van der Waals surface area contributed by atoms with Crippen LogP contribution < -0.4 is 5.30 Å². The predicted octanol–water partition coefficient (Wildman–Crippen LogP) is 4.51. The first kappa shape index (κ1) is 21.9. The van der Waals surface area contributed by atoms with E-state index in [-0.39, 0.29) is 32.0 Å². The van der Waals surface area contributed by atoms with Crippen LogP contribution in [-0.2, 0) is 20.1 Å². The van der Waals surface area contributed by atoms with E-state index in [0.717, 1.165) is 18.5 Å². The van der Waals surface area contributed by atoms with Gasteiger partial charge in [0.1, 0.15) is 0 Å². The van der Waals surface area contributed by atoms with E-state index < -0.39 is 0 Å². The van der Waals surface area contributed by atoms with E-state index >= 15 is 0 Å². The van der Waals surface area contributed by atoms with Crippen LogP contribution in [0.1, 0.15) is 30.9 Å². The normalized spacial score (nSPS) is 15.7. The molecule has 3 rings (SSSR count). The first-order valence-electron chi connectivity index (χ1n) is 7.12. The molecule has 23 heavy (non-hydrogen) atoms. The molecule has 122 valence electrons. The van der Waals surface area contributed by atoms with Crippen LogP contribution in [0.4, 0.5) is 4.39 Å². The third-order valence-corrected chi connectivity index (χ3v) is 3.58. The molecule has 0 radical (unpaired) electrons.